The number of benzene rings is 1. The van der Waals surface area contributed by atoms with Crippen molar-refractivity contribution < 1.29 is 14.3 Å². The third-order valence-corrected chi connectivity index (χ3v) is 4.39. The van der Waals surface area contributed by atoms with Crippen molar-refractivity contribution in [2.75, 3.05) is 19.7 Å². The first-order valence-electron chi connectivity index (χ1n) is 7.95. The summed E-state index contributed by atoms with van der Waals surface area (Å²) in [5.41, 5.74) is 5.99. The minimum Gasteiger partial charge on any atom is -0.493 e. The van der Waals surface area contributed by atoms with Gasteiger partial charge >= 0.3 is 0 Å². The van der Waals surface area contributed by atoms with Crippen LogP contribution in [0.1, 0.15) is 36.0 Å². The van der Waals surface area contributed by atoms with Crippen molar-refractivity contribution in [2.24, 2.45) is 17.6 Å². The van der Waals surface area contributed by atoms with Crippen molar-refractivity contribution >= 4 is 11.8 Å². The van der Waals surface area contributed by atoms with Crippen LogP contribution in [0.3, 0.4) is 0 Å². The molecule has 1 aliphatic heterocycles. The van der Waals surface area contributed by atoms with Crippen LogP contribution in [-0.4, -0.2) is 36.4 Å². The molecule has 5 nitrogen and oxygen atoms in total. The van der Waals surface area contributed by atoms with Gasteiger partial charge in [0.15, 0.2) is 0 Å². The first-order valence-corrected chi connectivity index (χ1v) is 7.95. The summed E-state index contributed by atoms with van der Waals surface area (Å²) in [6.07, 6.45) is 4.11. The molecule has 2 N–H and O–H groups in total. The van der Waals surface area contributed by atoms with Crippen molar-refractivity contribution in [2.45, 2.75) is 25.7 Å². The summed E-state index contributed by atoms with van der Waals surface area (Å²) < 4.78 is 5.67. The molecule has 2 amide bonds. The molecule has 0 spiro atoms. The fourth-order valence-corrected chi connectivity index (χ4v) is 2.77. The summed E-state index contributed by atoms with van der Waals surface area (Å²) >= 11 is 0. The zero-order chi connectivity index (χ0) is 15.5. The van der Waals surface area contributed by atoms with Gasteiger partial charge in [0.2, 0.25) is 5.91 Å². The molecule has 1 heterocycles. The molecule has 5 heteroatoms. The number of carbonyl (C=O) groups is 2. The number of primary amides is 1. The fourth-order valence-electron chi connectivity index (χ4n) is 2.77. The standard InChI is InChI=1S/C17H22N2O3/c18-16(20)14-2-1-9-19(10-14)17(21)13-5-7-15(8-6-13)22-11-12-3-4-12/h5-8,12,14H,1-4,9-11H2,(H2,18,20)/t14-/m0/s1. The van der Waals surface area contributed by atoms with E-state index < -0.39 is 0 Å². The van der Waals surface area contributed by atoms with Gasteiger partial charge in [-0.3, -0.25) is 9.59 Å². The van der Waals surface area contributed by atoms with Crippen molar-refractivity contribution in [1.82, 2.24) is 4.90 Å². The van der Waals surface area contributed by atoms with Gasteiger partial charge in [-0.15, -0.1) is 0 Å². The molecule has 1 aromatic rings. The summed E-state index contributed by atoms with van der Waals surface area (Å²) in [6.45, 7) is 1.87. The molecule has 2 fully saturated rings. The molecule has 3 rings (SSSR count). The Morgan fingerprint density at radius 1 is 1.18 bits per heavy atom. The van der Waals surface area contributed by atoms with Crippen molar-refractivity contribution in [3.63, 3.8) is 0 Å². The van der Waals surface area contributed by atoms with E-state index in [1.165, 1.54) is 12.8 Å². The van der Waals surface area contributed by atoms with Crippen LogP contribution in [0, 0.1) is 11.8 Å². The second-order valence-electron chi connectivity index (χ2n) is 6.27. The van der Waals surface area contributed by atoms with Gasteiger partial charge in [0, 0.05) is 18.7 Å². The summed E-state index contributed by atoms with van der Waals surface area (Å²) in [5, 5.41) is 0. The zero-order valence-corrected chi connectivity index (χ0v) is 12.7. The first-order chi connectivity index (χ1) is 10.6. The maximum atomic E-state index is 12.5. The SMILES string of the molecule is NC(=O)[C@H]1CCCN(C(=O)c2ccc(OCC3CC3)cc2)C1. The maximum Gasteiger partial charge on any atom is 0.253 e. The van der Waals surface area contributed by atoms with Crippen LogP contribution in [0.15, 0.2) is 24.3 Å². The van der Waals surface area contributed by atoms with Gasteiger partial charge in [-0.1, -0.05) is 0 Å². The predicted octanol–water partition coefficient (Wildman–Crippen LogP) is 1.81. The highest BCUT2D eigenvalue weighted by Crippen LogP contribution is 2.29. The van der Waals surface area contributed by atoms with Crippen LogP contribution < -0.4 is 10.5 Å². The van der Waals surface area contributed by atoms with E-state index in [1.54, 1.807) is 17.0 Å². The topological polar surface area (TPSA) is 72.6 Å². The minimum atomic E-state index is -0.318. The Morgan fingerprint density at radius 2 is 1.91 bits per heavy atom. The van der Waals surface area contributed by atoms with Gasteiger partial charge in [0.25, 0.3) is 5.91 Å². The van der Waals surface area contributed by atoms with E-state index in [2.05, 4.69) is 0 Å². The van der Waals surface area contributed by atoms with Gasteiger partial charge in [-0.2, -0.15) is 0 Å². The lowest BCUT2D eigenvalue weighted by atomic mass is 9.97. The second-order valence-corrected chi connectivity index (χ2v) is 6.27. The molecule has 1 saturated heterocycles. The Bertz CT molecular complexity index is 552. The van der Waals surface area contributed by atoms with Crippen LogP contribution >= 0.6 is 0 Å². The van der Waals surface area contributed by atoms with E-state index in [0.29, 0.717) is 24.6 Å². The Kier molecular flexibility index (Phi) is 4.32. The number of carbonyl (C=O) groups excluding carboxylic acids is 2. The van der Waals surface area contributed by atoms with E-state index in [4.69, 9.17) is 10.5 Å². The average molecular weight is 302 g/mol. The normalized spacial score (nSPS) is 21.5. The largest absolute Gasteiger partial charge is 0.493 e. The quantitative estimate of drug-likeness (QED) is 0.901. The van der Waals surface area contributed by atoms with Crippen molar-refractivity contribution in [3.05, 3.63) is 29.8 Å². The molecule has 0 unspecified atom stereocenters. The summed E-state index contributed by atoms with van der Waals surface area (Å²) in [5.74, 6) is 0.928. The van der Waals surface area contributed by atoms with E-state index in [9.17, 15) is 9.59 Å². The molecule has 22 heavy (non-hydrogen) atoms. The summed E-state index contributed by atoms with van der Waals surface area (Å²) in [6, 6.07) is 7.26. The number of rotatable bonds is 5. The summed E-state index contributed by atoms with van der Waals surface area (Å²) in [4.78, 5) is 25.5. The number of piperidine rings is 1. The zero-order valence-electron chi connectivity index (χ0n) is 12.7. The molecule has 118 valence electrons. The maximum absolute atomic E-state index is 12.5. The van der Waals surface area contributed by atoms with Gasteiger partial charge in [0.1, 0.15) is 5.75 Å². The van der Waals surface area contributed by atoms with Crippen LogP contribution in [0.2, 0.25) is 0 Å². The Labute approximate surface area is 130 Å². The summed E-state index contributed by atoms with van der Waals surface area (Å²) in [7, 11) is 0. The van der Waals surface area contributed by atoms with Gasteiger partial charge < -0.3 is 15.4 Å². The number of nitrogens with zero attached hydrogens (tertiary/aromatic N) is 1. The minimum absolute atomic E-state index is 0.0420. The lowest BCUT2D eigenvalue weighted by molar-refractivity contribution is -0.123. The van der Waals surface area contributed by atoms with E-state index in [0.717, 1.165) is 25.2 Å². The molecule has 2 aliphatic rings. The highest BCUT2D eigenvalue weighted by Gasteiger charge is 2.27. The number of hydrogen-bond donors (Lipinski definition) is 1. The molecule has 0 aromatic heterocycles. The highest BCUT2D eigenvalue weighted by atomic mass is 16.5. The first kappa shape index (κ1) is 14.9. The van der Waals surface area contributed by atoms with Crippen molar-refractivity contribution in [1.29, 1.82) is 0 Å². The fraction of sp³-hybridized carbons (Fsp3) is 0.529. The number of nitrogens with two attached hydrogens (primary N) is 1. The van der Waals surface area contributed by atoms with Gasteiger partial charge in [-0.25, -0.2) is 0 Å². The molecule has 0 bridgehead atoms. The van der Waals surface area contributed by atoms with E-state index in [1.807, 2.05) is 12.1 Å². The molecular weight excluding hydrogens is 280 g/mol. The Morgan fingerprint density at radius 3 is 2.55 bits per heavy atom. The predicted molar refractivity (Wildman–Crippen MR) is 82.5 cm³/mol. The number of amides is 2. The van der Waals surface area contributed by atoms with E-state index >= 15 is 0 Å². The smallest absolute Gasteiger partial charge is 0.253 e. The molecular formula is C17H22N2O3. The second kappa shape index (κ2) is 6.38. The molecule has 0 radical (unpaired) electrons. The number of likely N-dealkylation sites (tertiary alicyclic amines) is 1. The Balaban J connectivity index is 1.59. The lowest BCUT2D eigenvalue weighted by Gasteiger charge is -2.31. The van der Waals surface area contributed by atoms with Gasteiger partial charge in [-0.05, 0) is 55.9 Å². The van der Waals surface area contributed by atoms with E-state index in [-0.39, 0.29) is 17.7 Å². The van der Waals surface area contributed by atoms with Crippen LogP contribution in [0.4, 0.5) is 0 Å². The number of ether oxygens (including phenoxy) is 1. The van der Waals surface area contributed by atoms with Crippen LogP contribution in [-0.2, 0) is 4.79 Å². The lowest BCUT2D eigenvalue weighted by Crippen LogP contribution is -2.44. The third-order valence-electron chi connectivity index (χ3n) is 4.39. The van der Waals surface area contributed by atoms with Crippen LogP contribution in [0.5, 0.6) is 5.75 Å². The number of hydrogen-bond acceptors (Lipinski definition) is 3. The van der Waals surface area contributed by atoms with Crippen LogP contribution in [0.25, 0.3) is 0 Å². The Hall–Kier alpha value is -2.04. The van der Waals surface area contributed by atoms with Crippen molar-refractivity contribution in [3.8, 4) is 5.75 Å². The molecule has 1 saturated carbocycles. The molecule has 1 aliphatic carbocycles. The highest BCUT2D eigenvalue weighted by molar-refractivity contribution is 5.94. The average Bonchev–Trinajstić information content (AvgIpc) is 3.37. The molecule has 1 atom stereocenters. The molecule has 1 aromatic carbocycles. The monoisotopic (exact) mass is 302 g/mol. The third kappa shape index (κ3) is 3.59. The van der Waals surface area contributed by atoms with Gasteiger partial charge in [0.05, 0.1) is 12.5 Å².